The van der Waals surface area contributed by atoms with Crippen LogP contribution in [0.5, 0.6) is 0 Å². The number of fused-ring (bicyclic) bond motifs is 2. The quantitative estimate of drug-likeness (QED) is 0.200. The minimum absolute atomic E-state index is 0.331. The minimum atomic E-state index is -0.826. The number of rotatable bonds is 7. The summed E-state index contributed by atoms with van der Waals surface area (Å²) in [4.78, 5) is 38.9. The van der Waals surface area contributed by atoms with E-state index in [-0.39, 0.29) is 5.91 Å². The van der Waals surface area contributed by atoms with Crippen LogP contribution in [0.15, 0.2) is 52.9 Å². The van der Waals surface area contributed by atoms with Gasteiger partial charge in [-0.15, -0.1) is 0 Å². The van der Waals surface area contributed by atoms with Gasteiger partial charge < -0.3 is 24.3 Å². The van der Waals surface area contributed by atoms with Crippen molar-refractivity contribution < 1.29 is 19.1 Å². The van der Waals surface area contributed by atoms with Crippen molar-refractivity contribution in [3.8, 4) is 28.7 Å². The Bertz CT molecular complexity index is 2160. The first-order valence-corrected chi connectivity index (χ1v) is 16.7. The molecule has 1 amide bonds. The summed E-state index contributed by atoms with van der Waals surface area (Å²) in [5.74, 6) is -0.460. The molecule has 7 rings (SSSR count). The van der Waals surface area contributed by atoms with Crippen molar-refractivity contribution >= 4 is 40.3 Å². The average molecular weight is 678 g/mol. The summed E-state index contributed by atoms with van der Waals surface area (Å²) >= 11 is 6.97. The molecule has 4 heterocycles. The van der Waals surface area contributed by atoms with Gasteiger partial charge in [0, 0.05) is 49.9 Å². The summed E-state index contributed by atoms with van der Waals surface area (Å²) in [6.45, 7) is 4.66. The van der Waals surface area contributed by atoms with E-state index in [2.05, 4.69) is 21.3 Å². The lowest BCUT2D eigenvalue weighted by atomic mass is 9.96. The van der Waals surface area contributed by atoms with Crippen molar-refractivity contribution in [3.63, 3.8) is 0 Å². The lowest BCUT2D eigenvalue weighted by Gasteiger charge is -2.32. The second-order valence-corrected chi connectivity index (χ2v) is 13.3. The third-order valence-electron chi connectivity index (χ3n) is 9.71. The van der Waals surface area contributed by atoms with Gasteiger partial charge in [-0.1, -0.05) is 42.3 Å². The van der Waals surface area contributed by atoms with Gasteiger partial charge in [0.05, 0.1) is 22.0 Å². The van der Waals surface area contributed by atoms with Gasteiger partial charge in [0.2, 0.25) is 5.89 Å². The molecule has 1 saturated heterocycles. The number of amides is 1. The van der Waals surface area contributed by atoms with E-state index in [1.54, 1.807) is 12.1 Å². The van der Waals surface area contributed by atoms with Crippen LogP contribution in [0.4, 0.5) is 5.69 Å². The Morgan fingerprint density at radius 2 is 1.86 bits per heavy atom. The van der Waals surface area contributed by atoms with E-state index in [9.17, 15) is 20.0 Å². The maximum Gasteiger partial charge on any atom is 0.320 e. The molecule has 0 radical (unpaired) electrons. The smallest absolute Gasteiger partial charge is 0.320 e. The zero-order valence-electron chi connectivity index (χ0n) is 27.6. The number of anilines is 1. The van der Waals surface area contributed by atoms with Gasteiger partial charge in [-0.05, 0) is 74.3 Å². The van der Waals surface area contributed by atoms with E-state index in [4.69, 9.17) is 21.0 Å². The molecule has 1 fully saturated rings. The molecular weight excluding hydrogens is 642 g/mol. The molecule has 11 nitrogen and oxygen atoms in total. The number of carboxylic acid groups (broad SMARTS) is 1. The number of nitriles is 1. The molecule has 2 aliphatic heterocycles. The molecule has 2 aliphatic rings. The average Bonchev–Trinajstić information content (AvgIpc) is 3.66. The maximum absolute atomic E-state index is 13.4. The number of aliphatic carboxylic acids is 1. The Morgan fingerprint density at radius 1 is 1.08 bits per heavy atom. The number of carbonyl (C=O) groups excluding carboxylic acids is 1. The van der Waals surface area contributed by atoms with E-state index in [0.29, 0.717) is 65.1 Å². The second kappa shape index (κ2) is 13.1. The van der Waals surface area contributed by atoms with Gasteiger partial charge in [0.25, 0.3) is 5.91 Å². The Hall–Kier alpha value is -5.02. The van der Waals surface area contributed by atoms with Gasteiger partial charge in [-0.2, -0.15) is 5.26 Å². The zero-order chi connectivity index (χ0) is 34.4. The van der Waals surface area contributed by atoms with E-state index >= 15 is 0 Å². The lowest BCUT2D eigenvalue weighted by Crippen LogP contribution is -2.44. The molecule has 3 aromatic carbocycles. The highest BCUT2D eigenvalue weighted by molar-refractivity contribution is 6.36. The minimum Gasteiger partial charge on any atom is -0.480 e. The first-order chi connectivity index (χ1) is 23.6. The monoisotopic (exact) mass is 677 g/mol. The number of imidazole rings is 1. The highest BCUT2D eigenvalue weighted by Gasteiger charge is 2.29. The second-order valence-electron chi connectivity index (χ2n) is 12.9. The number of nitrogens with one attached hydrogen (secondary N) is 1. The van der Waals surface area contributed by atoms with Crippen LogP contribution in [-0.2, 0) is 31.4 Å². The Labute approximate surface area is 288 Å². The number of nitrogens with zero attached hydrogens (tertiary/aromatic N) is 6. The van der Waals surface area contributed by atoms with Crippen molar-refractivity contribution in [1.29, 1.82) is 5.26 Å². The largest absolute Gasteiger partial charge is 0.480 e. The summed E-state index contributed by atoms with van der Waals surface area (Å²) in [6.07, 6.45) is 3.26. The van der Waals surface area contributed by atoms with Gasteiger partial charge in [-0.3, -0.25) is 14.5 Å². The van der Waals surface area contributed by atoms with Gasteiger partial charge in [0.15, 0.2) is 11.4 Å². The van der Waals surface area contributed by atoms with Crippen molar-refractivity contribution in [3.05, 3.63) is 87.5 Å². The first-order valence-electron chi connectivity index (χ1n) is 16.4. The number of aromatic nitrogens is 3. The maximum atomic E-state index is 13.4. The number of hydrogen-bond acceptors (Lipinski definition) is 8. The van der Waals surface area contributed by atoms with Gasteiger partial charge >= 0.3 is 5.97 Å². The van der Waals surface area contributed by atoms with E-state index in [1.165, 1.54) is 0 Å². The van der Waals surface area contributed by atoms with Gasteiger partial charge in [-0.25, -0.2) is 9.97 Å². The Balaban J connectivity index is 1.18. The molecule has 0 spiro atoms. The van der Waals surface area contributed by atoms with Crippen molar-refractivity contribution in [2.75, 3.05) is 25.5 Å². The number of benzene rings is 3. The Morgan fingerprint density at radius 3 is 2.65 bits per heavy atom. The molecule has 2 N–H and O–H groups in total. The fraction of sp³-hybridized carbons (Fsp3) is 0.324. The van der Waals surface area contributed by atoms with Crippen LogP contribution >= 0.6 is 11.6 Å². The van der Waals surface area contributed by atoms with Crippen LogP contribution in [0.3, 0.4) is 0 Å². The van der Waals surface area contributed by atoms with E-state index < -0.39 is 12.0 Å². The fourth-order valence-electron chi connectivity index (χ4n) is 7.11. The zero-order valence-corrected chi connectivity index (χ0v) is 28.3. The van der Waals surface area contributed by atoms with Crippen LogP contribution in [0.1, 0.15) is 58.0 Å². The molecule has 0 unspecified atom stereocenters. The molecule has 1 atom stereocenters. The van der Waals surface area contributed by atoms with Crippen molar-refractivity contribution in [2.24, 2.45) is 7.05 Å². The van der Waals surface area contributed by atoms with Crippen LogP contribution in [0.2, 0.25) is 5.02 Å². The normalized spacial score (nSPS) is 16.8. The van der Waals surface area contributed by atoms with Crippen LogP contribution in [0.25, 0.3) is 33.7 Å². The summed E-state index contributed by atoms with van der Waals surface area (Å²) < 4.78 is 8.08. The molecular formula is C37H36ClN7O4. The van der Waals surface area contributed by atoms with Crippen LogP contribution in [-0.4, -0.2) is 67.5 Å². The number of piperidine rings is 1. The fourth-order valence-corrected chi connectivity index (χ4v) is 7.39. The van der Waals surface area contributed by atoms with Gasteiger partial charge in [0.1, 0.15) is 17.6 Å². The number of carbonyl (C=O) groups is 2. The van der Waals surface area contributed by atoms with E-state index in [1.807, 2.05) is 66.9 Å². The third kappa shape index (κ3) is 6.08. The molecule has 5 aromatic rings. The molecule has 0 bridgehead atoms. The molecule has 49 heavy (non-hydrogen) atoms. The van der Waals surface area contributed by atoms with Crippen molar-refractivity contribution in [1.82, 2.24) is 24.3 Å². The predicted molar refractivity (Wildman–Crippen MR) is 186 cm³/mol. The van der Waals surface area contributed by atoms with Crippen LogP contribution < -0.4 is 5.32 Å². The van der Waals surface area contributed by atoms with Crippen LogP contribution in [0, 0.1) is 18.3 Å². The standard InChI is InChI=1S/C37H36ClN7O4/c1-21-24(26-10-7-11-27(32(26)38)41-35(46)34-40-29-20-43(2)15-13-30(29)44(34)3)8-6-9-25(21)36-42-28-17-22(16-23(18-39)33(28)49-36)19-45-14-5-4-12-31(45)37(47)48/h6-11,16-17,31H,4-5,12-15,19-20H2,1-3H3,(H,41,46)(H,47,48)/t31-/m0/s1. The number of carboxylic acids is 1. The highest BCUT2D eigenvalue weighted by atomic mass is 35.5. The third-order valence-corrected chi connectivity index (χ3v) is 10.1. The number of likely N-dealkylation sites (N-methyl/N-ethyl adjacent to an activating group) is 1. The summed E-state index contributed by atoms with van der Waals surface area (Å²) in [7, 11) is 3.91. The topological polar surface area (TPSA) is 141 Å². The van der Waals surface area contributed by atoms with E-state index in [0.717, 1.165) is 65.0 Å². The number of hydrogen-bond donors (Lipinski definition) is 2. The Kier molecular flexibility index (Phi) is 8.71. The number of oxazole rings is 1. The highest BCUT2D eigenvalue weighted by Crippen LogP contribution is 2.39. The van der Waals surface area contributed by atoms with Crippen molar-refractivity contribution in [2.45, 2.75) is 51.7 Å². The summed E-state index contributed by atoms with van der Waals surface area (Å²) in [5, 5.41) is 23.1. The molecule has 0 saturated carbocycles. The lowest BCUT2D eigenvalue weighted by molar-refractivity contribution is -0.144. The molecule has 2 aromatic heterocycles. The molecule has 250 valence electrons. The number of likely N-dealkylation sites (tertiary alicyclic amines) is 1. The predicted octanol–water partition coefficient (Wildman–Crippen LogP) is 6.41. The number of halogens is 1. The summed E-state index contributed by atoms with van der Waals surface area (Å²) in [5.41, 5.74) is 7.68. The molecule has 0 aliphatic carbocycles. The molecule has 12 heteroatoms. The summed E-state index contributed by atoms with van der Waals surface area (Å²) in [6, 6.07) is 16.6. The SMILES string of the molecule is Cc1c(-c2nc3cc(CN4CCCC[C@H]4C(=O)O)cc(C#N)c3o2)cccc1-c1cccc(NC(=O)c2nc3c(n2C)CCN(C)C3)c1Cl. The first kappa shape index (κ1) is 32.5.